The van der Waals surface area contributed by atoms with Crippen molar-refractivity contribution < 1.29 is 37.1 Å². The standard InChI is InChI=1S/C67H112O8Si4/c1-50(34-32-33-43-72-79(66(15,16)17,58-35-28-26-29-36-58)59-37-30-27-31-38-59)44-51(2)45-53(4)67(18,75-78(24,25)65(12,13)14)48-56(68)47-60(69)62(74-77(22,23)64(9,10)11)61(73-76(20,21)63(6,7)8)52(3)46-54(5)71-49-55-39-41-57(70-19)42-40-55/h26-33,35-42,45,50,52,54,56,61-62,68H,2,34,43-44,46-49H2,1,3-25H3/b33-32+,53-45+/t50-,52+,54-,56-,61-,62-,67+/m0/s1. The van der Waals surface area contributed by atoms with Crippen LogP contribution in [0.2, 0.25) is 59.4 Å². The van der Waals surface area contributed by atoms with Gasteiger partial charge in [0.25, 0.3) is 8.32 Å². The maximum atomic E-state index is 15.4. The molecule has 0 aliphatic heterocycles. The quantitative estimate of drug-likeness (QED) is 0.0401. The van der Waals surface area contributed by atoms with Crippen molar-refractivity contribution in [3.63, 3.8) is 0 Å². The largest absolute Gasteiger partial charge is 0.497 e. The Morgan fingerprint density at radius 1 is 0.658 bits per heavy atom. The average molecular weight is 1160 g/mol. The van der Waals surface area contributed by atoms with E-state index in [1.807, 2.05) is 24.3 Å². The fraction of sp³-hybridized carbons (Fsp3) is 0.627. The number of rotatable bonds is 30. The molecule has 1 N–H and O–H groups in total. The van der Waals surface area contributed by atoms with Crippen molar-refractivity contribution in [1.29, 1.82) is 0 Å². The molecule has 3 aromatic carbocycles. The predicted octanol–water partition coefficient (Wildman–Crippen LogP) is 16.9. The Kier molecular flexibility index (Phi) is 25.3. The molecule has 0 radical (unpaired) electrons. The number of allylic oxidation sites excluding steroid dienone is 3. The monoisotopic (exact) mass is 1160 g/mol. The zero-order chi connectivity index (χ0) is 60.2. The van der Waals surface area contributed by atoms with Crippen LogP contribution in [0.1, 0.15) is 155 Å². The first kappa shape index (κ1) is 70.2. The van der Waals surface area contributed by atoms with E-state index in [4.69, 9.17) is 27.2 Å². The molecule has 3 aromatic rings. The van der Waals surface area contributed by atoms with Crippen LogP contribution in [0, 0.1) is 11.8 Å². The molecule has 0 aliphatic rings. The molecule has 0 saturated heterocycles. The predicted molar refractivity (Wildman–Crippen MR) is 346 cm³/mol. The second-order valence-electron chi connectivity index (χ2n) is 28.9. The van der Waals surface area contributed by atoms with Gasteiger partial charge in [-0.25, -0.2) is 0 Å². The average Bonchev–Trinajstić information content (AvgIpc) is 3.32. The van der Waals surface area contributed by atoms with Crippen LogP contribution in [0.4, 0.5) is 0 Å². The molecule has 3 rings (SSSR count). The highest BCUT2D eigenvalue weighted by molar-refractivity contribution is 6.99. The van der Waals surface area contributed by atoms with E-state index in [-0.39, 0.29) is 50.8 Å². The first-order valence-corrected chi connectivity index (χ1v) is 40.0. The second-order valence-corrected chi connectivity index (χ2v) is 47.5. The Labute approximate surface area is 487 Å². The number of methoxy groups -OCH3 is 1. The van der Waals surface area contributed by atoms with Crippen LogP contribution in [0.25, 0.3) is 0 Å². The highest BCUT2D eigenvalue weighted by atomic mass is 28.4. The topological polar surface area (TPSA) is 92.7 Å². The van der Waals surface area contributed by atoms with Gasteiger partial charge >= 0.3 is 0 Å². The van der Waals surface area contributed by atoms with E-state index in [0.717, 1.165) is 35.3 Å². The number of carbonyl (C=O) groups is 1. The van der Waals surface area contributed by atoms with Crippen LogP contribution in [0.15, 0.2) is 121 Å². The molecule has 0 fully saturated rings. The van der Waals surface area contributed by atoms with Crippen LogP contribution in [0.3, 0.4) is 0 Å². The summed E-state index contributed by atoms with van der Waals surface area (Å²) in [5, 5.41) is 14.5. The van der Waals surface area contributed by atoms with Gasteiger partial charge in [0.2, 0.25) is 0 Å². The van der Waals surface area contributed by atoms with Crippen molar-refractivity contribution in [3.8, 4) is 5.75 Å². The molecule has 0 bridgehead atoms. The molecule has 0 saturated carbocycles. The van der Waals surface area contributed by atoms with E-state index in [1.165, 1.54) is 10.4 Å². The third-order valence-electron chi connectivity index (χ3n) is 17.8. The lowest BCUT2D eigenvalue weighted by Gasteiger charge is -2.47. The highest BCUT2D eigenvalue weighted by Gasteiger charge is 2.51. The molecule has 12 heteroatoms. The molecule has 7 atom stereocenters. The normalized spacial score (nSPS) is 16.9. The van der Waals surface area contributed by atoms with Gasteiger partial charge in [-0.1, -0.05) is 200 Å². The highest BCUT2D eigenvalue weighted by Crippen LogP contribution is 2.45. The number of carbonyl (C=O) groups excluding carboxylic acids is 1. The Bertz CT molecular complexity index is 2370. The van der Waals surface area contributed by atoms with Crippen molar-refractivity contribution in [2.24, 2.45) is 11.8 Å². The minimum absolute atomic E-state index is 0.0924. The van der Waals surface area contributed by atoms with Crippen LogP contribution in [-0.2, 0) is 33.8 Å². The molecule has 79 heavy (non-hydrogen) atoms. The minimum atomic E-state index is -2.64. The summed E-state index contributed by atoms with van der Waals surface area (Å²) in [5.41, 5.74) is 2.16. The number of ketones is 1. The maximum Gasteiger partial charge on any atom is 0.261 e. The fourth-order valence-electron chi connectivity index (χ4n) is 9.74. The van der Waals surface area contributed by atoms with Crippen molar-refractivity contribution in [1.82, 2.24) is 0 Å². The first-order valence-electron chi connectivity index (χ1n) is 29.4. The molecule has 8 nitrogen and oxygen atoms in total. The van der Waals surface area contributed by atoms with Gasteiger partial charge in [-0.05, 0) is 145 Å². The van der Waals surface area contributed by atoms with Crippen LogP contribution >= 0.6 is 0 Å². The van der Waals surface area contributed by atoms with Crippen molar-refractivity contribution >= 4 is 49.4 Å². The number of hydrogen-bond donors (Lipinski definition) is 1. The van der Waals surface area contributed by atoms with E-state index in [9.17, 15) is 5.11 Å². The lowest BCUT2D eigenvalue weighted by atomic mass is 9.85. The number of benzene rings is 3. The number of ether oxygens (including phenoxy) is 2. The first-order chi connectivity index (χ1) is 36.1. The summed E-state index contributed by atoms with van der Waals surface area (Å²) in [7, 11) is -8.45. The number of aliphatic hydroxyl groups is 1. The van der Waals surface area contributed by atoms with Gasteiger partial charge in [0, 0.05) is 12.8 Å². The molecule has 0 aromatic heterocycles. The Hall–Kier alpha value is -3.02. The Balaban J connectivity index is 1.94. The molecule has 0 amide bonds. The fourth-order valence-corrected chi connectivity index (χ4v) is 18.6. The zero-order valence-corrected chi connectivity index (χ0v) is 58.2. The summed E-state index contributed by atoms with van der Waals surface area (Å²) in [5.74, 6) is 0.874. The lowest BCUT2D eigenvalue weighted by Crippen LogP contribution is -2.66. The summed E-state index contributed by atoms with van der Waals surface area (Å²) < 4.78 is 41.1. The summed E-state index contributed by atoms with van der Waals surface area (Å²) in [6.45, 7) is 56.7. The summed E-state index contributed by atoms with van der Waals surface area (Å²) >= 11 is 0. The van der Waals surface area contributed by atoms with Gasteiger partial charge in [-0.2, -0.15) is 0 Å². The van der Waals surface area contributed by atoms with Crippen LogP contribution in [-0.4, -0.2) is 87.9 Å². The maximum absolute atomic E-state index is 15.4. The Morgan fingerprint density at radius 2 is 1.15 bits per heavy atom. The SMILES string of the molecule is C=C(/C=C(\C)[C@@](C)(C[C@@H](O)CC(=O)[C@H](O[Si](C)(C)C(C)(C)C)[C@@H](O[Si](C)(C)C(C)(C)C)[C@H](C)C[C@H](C)OCc1ccc(OC)cc1)O[Si](C)(C)C(C)(C)C)C[C@@H](C)C/C=C/CO[Si](c1ccccc1)(c1ccccc1)C(C)(C)C. The number of aliphatic hydroxyl groups excluding tert-OH is 1. The van der Waals surface area contributed by atoms with E-state index in [1.54, 1.807) is 7.11 Å². The lowest BCUT2D eigenvalue weighted by molar-refractivity contribution is -0.136. The van der Waals surface area contributed by atoms with Gasteiger partial charge in [0.1, 0.15) is 11.9 Å². The molecule has 0 heterocycles. The zero-order valence-electron chi connectivity index (χ0n) is 54.2. The molecular formula is C67H112O8Si4. The smallest absolute Gasteiger partial charge is 0.261 e. The number of Topliss-reactive ketones (excluding diaryl/α,β-unsaturated/α-hetero) is 1. The van der Waals surface area contributed by atoms with Gasteiger partial charge in [0.05, 0.1) is 44.2 Å². The van der Waals surface area contributed by atoms with Crippen LogP contribution in [0.5, 0.6) is 5.75 Å². The third kappa shape index (κ3) is 19.8. The Morgan fingerprint density at radius 3 is 1.62 bits per heavy atom. The molecular weight excluding hydrogens is 1050 g/mol. The van der Waals surface area contributed by atoms with Gasteiger partial charge in [-0.15, -0.1) is 0 Å². The molecule has 0 aliphatic carbocycles. The number of hydrogen-bond acceptors (Lipinski definition) is 8. The summed E-state index contributed by atoms with van der Waals surface area (Å²) in [6.07, 6.45) is 6.47. The van der Waals surface area contributed by atoms with E-state index >= 15 is 4.79 Å². The van der Waals surface area contributed by atoms with E-state index in [2.05, 4.69) is 242 Å². The van der Waals surface area contributed by atoms with Crippen molar-refractivity contribution in [3.05, 3.63) is 126 Å². The van der Waals surface area contributed by atoms with Gasteiger partial charge in [-0.3, -0.25) is 4.79 Å². The van der Waals surface area contributed by atoms with E-state index < -0.39 is 57.2 Å². The van der Waals surface area contributed by atoms with Gasteiger partial charge < -0.3 is 32.3 Å². The van der Waals surface area contributed by atoms with Crippen LogP contribution < -0.4 is 15.1 Å². The second kappa shape index (κ2) is 28.5. The third-order valence-corrected chi connectivity index (χ3v) is 36.3. The summed E-state index contributed by atoms with van der Waals surface area (Å²) in [4.78, 5) is 15.4. The molecule has 0 spiro atoms. The summed E-state index contributed by atoms with van der Waals surface area (Å²) in [6, 6.07) is 29.5. The minimum Gasteiger partial charge on any atom is -0.497 e. The molecule has 0 unspecified atom stereocenters. The van der Waals surface area contributed by atoms with E-state index in [0.29, 0.717) is 25.6 Å². The van der Waals surface area contributed by atoms with Gasteiger partial charge in [0.15, 0.2) is 30.7 Å². The molecule has 444 valence electrons. The van der Waals surface area contributed by atoms with Crippen molar-refractivity contribution in [2.75, 3.05) is 13.7 Å². The van der Waals surface area contributed by atoms with Crippen molar-refractivity contribution in [2.45, 2.75) is 246 Å².